The zero-order chi connectivity index (χ0) is 15.4. The molecule has 1 aromatic rings. The summed E-state index contributed by atoms with van der Waals surface area (Å²) in [6.07, 6.45) is 4.09. The van der Waals surface area contributed by atoms with Crippen LogP contribution in [0.4, 0.5) is 0 Å². The first-order valence-electron chi connectivity index (χ1n) is 8.35. The maximum absolute atomic E-state index is 12.8. The van der Waals surface area contributed by atoms with Crippen LogP contribution in [0.1, 0.15) is 37.5 Å². The summed E-state index contributed by atoms with van der Waals surface area (Å²) < 4.78 is 5.83. The highest BCUT2D eigenvalue weighted by Crippen LogP contribution is 2.27. The van der Waals surface area contributed by atoms with E-state index in [0.29, 0.717) is 0 Å². The van der Waals surface area contributed by atoms with Crippen LogP contribution < -0.4 is 0 Å². The van der Waals surface area contributed by atoms with Gasteiger partial charge in [-0.3, -0.25) is 9.69 Å². The highest BCUT2D eigenvalue weighted by Gasteiger charge is 2.39. The summed E-state index contributed by atoms with van der Waals surface area (Å²) in [5.41, 5.74) is -0.582. The van der Waals surface area contributed by atoms with E-state index in [4.69, 9.17) is 4.74 Å². The summed E-state index contributed by atoms with van der Waals surface area (Å²) in [5.74, 6) is 0.199. The maximum Gasteiger partial charge on any atom is 0.254 e. The van der Waals surface area contributed by atoms with Crippen molar-refractivity contribution in [1.82, 2.24) is 9.80 Å². The minimum Gasteiger partial charge on any atom is -0.365 e. The smallest absolute Gasteiger partial charge is 0.254 e. The second-order valence-electron chi connectivity index (χ2n) is 6.54. The van der Waals surface area contributed by atoms with Crippen LogP contribution in [0.15, 0.2) is 17.5 Å². The van der Waals surface area contributed by atoms with Gasteiger partial charge in [-0.05, 0) is 44.1 Å². The summed E-state index contributed by atoms with van der Waals surface area (Å²) in [6.45, 7) is 7.41. The molecule has 0 unspecified atom stereocenters. The molecule has 2 aliphatic rings. The van der Waals surface area contributed by atoms with E-state index in [1.807, 2.05) is 23.2 Å². The number of hydrogen-bond acceptors (Lipinski definition) is 4. The minimum absolute atomic E-state index is 0.199. The molecule has 0 spiro atoms. The summed E-state index contributed by atoms with van der Waals surface area (Å²) in [6, 6.07) is 4.30. The standard InChI is InChI=1S/C17H26N2O2S/c1-17(7-2-3-12-21-17)16(20)19-9-5-8-18(10-11-19)14-15-6-4-13-22-15/h4,6,13H,2-3,5,7-12,14H2,1H3/t17-/m1/s1. The monoisotopic (exact) mass is 322 g/mol. The first kappa shape index (κ1) is 16.0. The van der Waals surface area contributed by atoms with Crippen molar-refractivity contribution in [3.8, 4) is 0 Å². The lowest BCUT2D eigenvalue weighted by molar-refractivity contribution is -0.161. The number of carbonyl (C=O) groups excluding carboxylic acids is 1. The van der Waals surface area contributed by atoms with Gasteiger partial charge < -0.3 is 9.64 Å². The van der Waals surface area contributed by atoms with Crippen molar-refractivity contribution in [2.75, 3.05) is 32.8 Å². The molecule has 4 nitrogen and oxygen atoms in total. The summed E-state index contributed by atoms with van der Waals surface area (Å²) in [7, 11) is 0. The molecule has 0 bridgehead atoms. The van der Waals surface area contributed by atoms with Crippen LogP contribution in [0.3, 0.4) is 0 Å². The molecule has 1 amide bonds. The van der Waals surface area contributed by atoms with Gasteiger partial charge in [-0.1, -0.05) is 6.07 Å². The van der Waals surface area contributed by atoms with Gasteiger partial charge in [0.1, 0.15) is 5.60 Å². The van der Waals surface area contributed by atoms with Crippen molar-refractivity contribution >= 4 is 17.2 Å². The molecule has 22 heavy (non-hydrogen) atoms. The summed E-state index contributed by atoms with van der Waals surface area (Å²) in [5, 5.41) is 2.13. The number of amides is 1. The first-order valence-corrected chi connectivity index (χ1v) is 9.23. The number of rotatable bonds is 3. The third-order valence-electron chi connectivity index (χ3n) is 4.76. The second-order valence-corrected chi connectivity index (χ2v) is 7.57. The zero-order valence-electron chi connectivity index (χ0n) is 13.4. The zero-order valence-corrected chi connectivity index (χ0v) is 14.2. The molecular weight excluding hydrogens is 296 g/mol. The Balaban J connectivity index is 1.56. The van der Waals surface area contributed by atoms with E-state index in [0.717, 1.165) is 65.0 Å². The van der Waals surface area contributed by atoms with Crippen molar-refractivity contribution in [3.05, 3.63) is 22.4 Å². The Morgan fingerprint density at radius 1 is 1.27 bits per heavy atom. The fourth-order valence-electron chi connectivity index (χ4n) is 3.39. The number of nitrogens with zero attached hydrogens (tertiary/aromatic N) is 2. The van der Waals surface area contributed by atoms with E-state index in [9.17, 15) is 4.79 Å². The Morgan fingerprint density at radius 3 is 2.91 bits per heavy atom. The average molecular weight is 322 g/mol. The third-order valence-corrected chi connectivity index (χ3v) is 5.62. The van der Waals surface area contributed by atoms with Gasteiger partial charge in [0, 0.05) is 44.2 Å². The minimum atomic E-state index is -0.582. The van der Waals surface area contributed by atoms with Crippen molar-refractivity contribution in [3.63, 3.8) is 0 Å². The highest BCUT2D eigenvalue weighted by molar-refractivity contribution is 7.09. The molecule has 1 atom stereocenters. The molecule has 2 saturated heterocycles. The topological polar surface area (TPSA) is 32.8 Å². The predicted molar refractivity (Wildman–Crippen MR) is 89.0 cm³/mol. The van der Waals surface area contributed by atoms with Crippen LogP contribution >= 0.6 is 11.3 Å². The fourth-order valence-corrected chi connectivity index (χ4v) is 4.14. The molecule has 0 N–H and O–H groups in total. The van der Waals surface area contributed by atoms with E-state index in [-0.39, 0.29) is 5.91 Å². The largest absolute Gasteiger partial charge is 0.365 e. The van der Waals surface area contributed by atoms with Crippen LogP contribution in [0.25, 0.3) is 0 Å². The lowest BCUT2D eigenvalue weighted by Crippen LogP contribution is -2.51. The normalized spacial score (nSPS) is 27.6. The van der Waals surface area contributed by atoms with Crippen molar-refractivity contribution in [2.24, 2.45) is 0 Å². The van der Waals surface area contributed by atoms with E-state index < -0.39 is 5.60 Å². The molecule has 1 aromatic heterocycles. The summed E-state index contributed by atoms with van der Waals surface area (Å²) >= 11 is 1.81. The van der Waals surface area contributed by atoms with Crippen molar-refractivity contribution < 1.29 is 9.53 Å². The summed E-state index contributed by atoms with van der Waals surface area (Å²) in [4.78, 5) is 18.7. The Morgan fingerprint density at radius 2 is 2.18 bits per heavy atom. The van der Waals surface area contributed by atoms with Crippen molar-refractivity contribution in [2.45, 2.75) is 44.8 Å². The molecule has 122 valence electrons. The van der Waals surface area contributed by atoms with Gasteiger partial charge in [0.15, 0.2) is 0 Å². The van der Waals surface area contributed by atoms with Gasteiger partial charge >= 0.3 is 0 Å². The van der Waals surface area contributed by atoms with E-state index in [1.165, 1.54) is 4.88 Å². The van der Waals surface area contributed by atoms with Crippen LogP contribution in [0.2, 0.25) is 0 Å². The van der Waals surface area contributed by atoms with Crippen molar-refractivity contribution in [1.29, 1.82) is 0 Å². The van der Waals surface area contributed by atoms with E-state index in [1.54, 1.807) is 0 Å². The van der Waals surface area contributed by atoms with Crippen LogP contribution in [-0.2, 0) is 16.1 Å². The van der Waals surface area contributed by atoms with Gasteiger partial charge in [-0.2, -0.15) is 0 Å². The Bertz CT molecular complexity index is 483. The lowest BCUT2D eigenvalue weighted by atomic mass is 9.94. The third kappa shape index (κ3) is 3.70. The molecule has 5 heteroatoms. The fraction of sp³-hybridized carbons (Fsp3) is 0.706. The first-order chi connectivity index (χ1) is 10.7. The molecule has 0 aliphatic carbocycles. The highest BCUT2D eigenvalue weighted by atomic mass is 32.1. The van der Waals surface area contributed by atoms with Crippen LogP contribution in [0.5, 0.6) is 0 Å². The van der Waals surface area contributed by atoms with Gasteiger partial charge in [0.05, 0.1) is 0 Å². The number of carbonyl (C=O) groups is 1. The predicted octanol–water partition coefficient (Wildman–Crippen LogP) is 2.74. The molecular formula is C17H26N2O2S. The van der Waals surface area contributed by atoms with Crippen LogP contribution in [-0.4, -0.2) is 54.1 Å². The molecule has 2 aliphatic heterocycles. The van der Waals surface area contributed by atoms with E-state index in [2.05, 4.69) is 22.4 Å². The Hall–Kier alpha value is -0.910. The van der Waals surface area contributed by atoms with Gasteiger partial charge in [0.25, 0.3) is 5.91 Å². The number of thiophene rings is 1. The van der Waals surface area contributed by atoms with Gasteiger partial charge in [-0.25, -0.2) is 0 Å². The lowest BCUT2D eigenvalue weighted by Gasteiger charge is -2.36. The average Bonchev–Trinajstić information content (AvgIpc) is 2.92. The Labute approximate surface area is 137 Å². The molecule has 3 rings (SSSR count). The molecule has 0 radical (unpaired) electrons. The van der Waals surface area contributed by atoms with Crippen LogP contribution in [0, 0.1) is 0 Å². The van der Waals surface area contributed by atoms with Gasteiger partial charge in [0.2, 0.25) is 0 Å². The van der Waals surface area contributed by atoms with E-state index >= 15 is 0 Å². The molecule has 0 saturated carbocycles. The maximum atomic E-state index is 12.8. The quantitative estimate of drug-likeness (QED) is 0.858. The molecule has 2 fully saturated rings. The number of hydrogen-bond donors (Lipinski definition) is 0. The molecule has 3 heterocycles. The Kier molecular flexibility index (Phi) is 5.16. The SMILES string of the molecule is C[C@]1(C(=O)N2CCCN(Cc3cccs3)CC2)CCCCO1. The van der Waals surface area contributed by atoms with Gasteiger partial charge in [-0.15, -0.1) is 11.3 Å². The second kappa shape index (κ2) is 7.11. The molecule has 0 aromatic carbocycles. The number of ether oxygens (including phenoxy) is 1.